The predicted octanol–water partition coefficient (Wildman–Crippen LogP) is 6.66. The molecule has 0 amide bonds. The Kier molecular flexibility index (Phi) is 3.70. The fourth-order valence-corrected chi connectivity index (χ4v) is 5.89. The normalized spacial score (nSPS) is 11.6. The van der Waals surface area contributed by atoms with E-state index in [2.05, 4.69) is 42.5 Å². The van der Waals surface area contributed by atoms with Gasteiger partial charge >= 0.3 is 172 Å². The van der Waals surface area contributed by atoms with Crippen LogP contribution in [0.25, 0.3) is 53.0 Å². The van der Waals surface area contributed by atoms with Gasteiger partial charge in [-0.1, -0.05) is 0 Å². The topological polar surface area (TPSA) is 26.0 Å². The summed E-state index contributed by atoms with van der Waals surface area (Å²) < 4.78 is 21.9. The molecule has 0 saturated carbocycles. The quantitative estimate of drug-likeness (QED) is 0.280. The molecule has 2 nitrogen and oxygen atoms in total. The monoisotopic (exact) mass is 443 g/mol. The number of rotatable bonds is 2. The van der Waals surface area contributed by atoms with Crippen LogP contribution in [0.2, 0.25) is 0 Å². The van der Waals surface area contributed by atoms with Crippen molar-refractivity contribution in [2.45, 2.75) is 0 Å². The summed E-state index contributed by atoms with van der Waals surface area (Å²) in [6.07, 6.45) is 0. The van der Waals surface area contributed by atoms with Gasteiger partial charge in [-0.15, -0.1) is 0 Å². The molecule has 3 heterocycles. The van der Waals surface area contributed by atoms with E-state index in [1.54, 1.807) is 0 Å². The molecule has 3 aromatic heterocycles. The third-order valence-corrected chi connectivity index (χ3v) is 7.57. The number of nitrogens with zero attached hydrogens (tertiary/aromatic N) is 1. The maximum absolute atomic E-state index is 13.2. The van der Waals surface area contributed by atoms with E-state index >= 15 is 0 Å². The number of aromatic nitrogens is 1. The molecule has 4 heteroatoms. The molecule has 0 atom stereocenters. The number of hydrogen-bond acceptors (Lipinski definition) is 2. The van der Waals surface area contributed by atoms with E-state index in [9.17, 15) is 4.39 Å². The van der Waals surface area contributed by atoms with Crippen LogP contribution >= 0.6 is 0 Å². The molecular formula is C25H14FNOSe. The van der Waals surface area contributed by atoms with Crippen molar-refractivity contribution in [1.82, 2.24) is 4.98 Å². The molecule has 0 unspecified atom stereocenters. The van der Waals surface area contributed by atoms with Gasteiger partial charge in [0.2, 0.25) is 0 Å². The summed E-state index contributed by atoms with van der Waals surface area (Å²) in [4.78, 5) is 4.94. The van der Waals surface area contributed by atoms with E-state index < -0.39 is 0 Å². The van der Waals surface area contributed by atoms with Crippen molar-refractivity contribution in [3.05, 3.63) is 90.7 Å². The van der Waals surface area contributed by atoms with E-state index in [-0.39, 0.29) is 20.3 Å². The van der Waals surface area contributed by atoms with Crippen molar-refractivity contribution in [3.8, 4) is 21.3 Å². The molecule has 138 valence electrons. The van der Waals surface area contributed by atoms with E-state index in [4.69, 9.17) is 9.40 Å². The Morgan fingerprint density at radius 3 is 2.52 bits per heavy atom. The van der Waals surface area contributed by atoms with E-state index in [1.807, 2.05) is 30.3 Å². The summed E-state index contributed by atoms with van der Waals surface area (Å²) >= 11 is 0.171. The molecule has 3 aromatic carbocycles. The van der Waals surface area contributed by atoms with Crippen molar-refractivity contribution >= 4 is 46.2 Å². The van der Waals surface area contributed by atoms with Gasteiger partial charge in [0.15, 0.2) is 0 Å². The molecule has 0 bridgehead atoms. The zero-order valence-corrected chi connectivity index (χ0v) is 16.9. The summed E-state index contributed by atoms with van der Waals surface area (Å²) in [5.74, 6) is -0.211. The van der Waals surface area contributed by atoms with E-state index in [1.165, 1.54) is 20.8 Å². The van der Waals surface area contributed by atoms with E-state index in [0.29, 0.717) is 0 Å². The average Bonchev–Trinajstić information content (AvgIpc) is 3.35. The number of halogens is 1. The zero-order chi connectivity index (χ0) is 19.4. The summed E-state index contributed by atoms with van der Waals surface area (Å²) in [5, 5.41) is 2.22. The zero-order valence-electron chi connectivity index (χ0n) is 15.2. The molecular weight excluding hydrogens is 428 g/mol. The van der Waals surface area contributed by atoms with Gasteiger partial charge in [0, 0.05) is 0 Å². The first-order valence-electron chi connectivity index (χ1n) is 9.33. The Morgan fingerprint density at radius 2 is 1.62 bits per heavy atom. The van der Waals surface area contributed by atoms with Crippen LogP contribution < -0.4 is 0 Å². The van der Waals surface area contributed by atoms with Crippen molar-refractivity contribution in [2.75, 3.05) is 0 Å². The van der Waals surface area contributed by atoms with Crippen LogP contribution in [0.1, 0.15) is 0 Å². The van der Waals surface area contributed by atoms with Gasteiger partial charge in [-0.2, -0.15) is 0 Å². The second-order valence-electron chi connectivity index (χ2n) is 6.98. The van der Waals surface area contributed by atoms with Gasteiger partial charge in [-0.3, -0.25) is 0 Å². The van der Waals surface area contributed by atoms with Crippen molar-refractivity contribution < 1.29 is 8.81 Å². The molecule has 0 aliphatic rings. The third-order valence-electron chi connectivity index (χ3n) is 5.18. The van der Waals surface area contributed by atoms with Gasteiger partial charge in [-0.05, 0) is 0 Å². The van der Waals surface area contributed by atoms with Crippen LogP contribution in [-0.2, 0) is 0 Å². The maximum atomic E-state index is 13.2. The average molecular weight is 442 g/mol. The van der Waals surface area contributed by atoms with E-state index in [0.717, 1.165) is 44.3 Å². The summed E-state index contributed by atoms with van der Waals surface area (Å²) in [6, 6.07) is 27.4. The van der Waals surface area contributed by atoms with Crippen LogP contribution in [0, 0.1) is 5.82 Å². The van der Waals surface area contributed by atoms with Gasteiger partial charge in [-0.25, -0.2) is 0 Å². The first kappa shape index (κ1) is 16.7. The number of hydrogen-bond donors (Lipinski definition) is 0. The molecule has 0 spiro atoms. The Balaban J connectivity index is 1.52. The fraction of sp³-hybridized carbons (Fsp3) is 0. The third kappa shape index (κ3) is 2.72. The van der Waals surface area contributed by atoms with Crippen molar-refractivity contribution in [1.29, 1.82) is 0 Å². The molecule has 0 aliphatic heterocycles. The van der Waals surface area contributed by atoms with Crippen LogP contribution in [0.15, 0.2) is 89.3 Å². The minimum absolute atomic E-state index is 0.171. The summed E-state index contributed by atoms with van der Waals surface area (Å²) in [7, 11) is 0. The Bertz CT molecular complexity index is 1510. The molecule has 0 saturated heterocycles. The molecule has 0 fully saturated rings. The predicted molar refractivity (Wildman–Crippen MR) is 117 cm³/mol. The number of pyridine rings is 1. The number of fused-ring (bicyclic) bond motifs is 4. The Morgan fingerprint density at radius 1 is 0.793 bits per heavy atom. The molecule has 0 radical (unpaired) electrons. The van der Waals surface area contributed by atoms with Gasteiger partial charge in [0.1, 0.15) is 0 Å². The van der Waals surface area contributed by atoms with Crippen molar-refractivity contribution in [2.24, 2.45) is 0 Å². The second kappa shape index (κ2) is 6.41. The van der Waals surface area contributed by atoms with Gasteiger partial charge < -0.3 is 0 Å². The number of para-hydroxylation sites is 2. The first-order valence-corrected chi connectivity index (χ1v) is 11.0. The van der Waals surface area contributed by atoms with Crippen LogP contribution in [0.3, 0.4) is 0 Å². The van der Waals surface area contributed by atoms with Gasteiger partial charge in [0.05, 0.1) is 0 Å². The Labute approximate surface area is 172 Å². The second-order valence-corrected chi connectivity index (χ2v) is 9.25. The summed E-state index contributed by atoms with van der Waals surface area (Å²) in [6.45, 7) is 0. The molecule has 6 aromatic rings. The van der Waals surface area contributed by atoms with Crippen LogP contribution in [-0.4, -0.2) is 19.5 Å². The Hall–Kier alpha value is -3.20. The summed E-state index contributed by atoms with van der Waals surface area (Å²) in [5.41, 5.74) is 5.71. The molecule has 0 aliphatic carbocycles. The SMILES string of the molecule is Fc1ccc(-c2cc3nc(-c4cccc5c4oc4ccccc45)ccc3[se]2)cc1. The molecule has 6 rings (SSSR count). The number of furan rings is 1. The van der Waals surface area contributed by atoms with Crippen LogP contribution in [0.5, 0.6) is 0 Å². The standard InChI is InChI=1S/C25H14FNOSe/c26-16-10-8-15(9-11-16)24-14-21-23(29-24)13-12-20(27-21)19-6-3-5-18-17-4-1-2-7-22(17)28-25(18)19/h1-14H. The number of benzene rings is 3. The molecule has 29 heavy (non-hydrogen) atoms. The fourth-order valence-electron chi connectivity index (χ4n) is 3.78. The first-order chi connectivity index (χ1) is 14.3. The van der Waals surface area contributed by atoms with Crippen molar-refractivity contribution in [3.63, 3.8) is 0 Å². The molecule has 0 N–H and O–H groups in total. The van der Waals surface area contributed by atoms with Crippen LogP contribution in [0.4, 0.5) is 4.39 Å². The van der Waals surface area contributed by atoms with Gasteiger partial charge in [0.25, 0.3) is 0 Å². The minimum atomic E-state index is -0.211.